The Balaban J connectivity index is 2.55. The zero-order valence-corrected chi connectivity index (χ0v) is 8.51. The predicted octanol–water partition coefficient (Wildman–Crippen LogP) is 3.01. The highest BCUT2D eigenvalue weighted by Gasteiger charge is 2.08. The average Bonchev–Trinajstić information content (AvgIpc) is 2.70. The Kier molecular flexibility index (Phi) is 2.40. The Bertz CT molecular complexity index is 540. The summed E-state index contributed by atoms with van der Waals surface area (Å²) in [6.07, 6.45) is 0. The molecule has 0 unspecified atom stereocenters. The third-order valence-corrected chi connectivity index (χ3v) is 3.06. The fraction of sp³-hybridized carbons (Fsp3) is 0. The van der Waals surface area contributed by atoms with E-state index >= 15 is 0 Å². The summed E-state index contributed by atoms with van der Waals surface area (Å²) in [4.78, 5) is 1.40. The van der Waals surface area contributed by atoms with Crippen LogP contribution in [-0.4, -0.2) is 0 Å². The smallest absolute Gasteiger partial charge is 0.146 e. The number of rotatable bonds is 1. The highest BCUT2D eigenvalue weighted by Crippen LogP contribution is 2.32. The van der Waals surface area contributed by atoms with Crippen LogP contribution in [0.3, 0.4) is 0 Å². The Morgan fingerprint density at radius 1 is 1.27 bits per heavy atom. The lowest BCUT2D eigenvalue weighted by Crippen LogP contribution is -1.92. The second-order valence-electron chi connectivity index (χ2n) is 2.98. The number of anilines is 1. The van der Waals surface area contributed by atoms with Crippen molar-refractivity contribution in [2.24, 2.45) is 0 Å². The van der Waals surface area contributed by atoms with Gasteiger partial charge in [-0.15, -0.1) is 11.3 Å². The molecule has 0 saturated carbocycles. The van der Waals surface area contributed by atoms with E-state index < -0.39 is 5.82 Å². The van der Waals surface area contributed by atoms with Crippen LogP contribution in [0.25, 0.3) is 10.4 Å². The molecule has 0 spiro atoms. The highest BCUT2D eigenvalue weighted by atomic mass is 32.1. The molecular formula is C11H7FN2S. The summed E-state index contributed by atoms with van der Waals surface area (Å²) in [6, 6.07) is 10.2. The van der Waals surface area contributed by atoms with Crippen molar-refractivity contribution in [2.45, 2.75) is 0 Å². The number of hydrogen-bond acceptors (Lipinski definition) is 3. The minimum absolute atomic E-state index is 0.129. The summed E-state index contributed by atoms with van der Waals surface area (Å²) in [5.41, 5.74) is 6.38. The van der Waals surface area contributed by atoms with Gasteiger partial charge in [0.05, 0.1) is 5.69 Å². The quantitative estimate of drug-likeness (QED) is 0.748. The molecule has 0 atom stereocenters. The Morgan fingerprint density at radius 2 is 2.07 bits per heavy atom. The number of thiophene rings is 1. The molecule has 15 heavy (non-hydrogen) atoms. The van der Waals surface area contributed by atoms with Gasteiger partial charge in [0.25, 0.3) is 0 Å². The summed E-state index contributed by atoms with van der Waals surface area (Å²) in [5.74, 6) is -0.431. The lowest BCUT2D eigenvalue weighted by atomic mass is 10.1. The first-order valence-electron chi connectivity index (χ1n) is 4.26. The maximum absolute atomic E-state index is 13.2. The van der Waals surface area contributed by atoms with Crippen LogP contribution in [0.1, 0.15) is 4.88 Å². The van der Waals surface area contributed by atoms with Crippen LogP contribution in [0.15, 0.2) is 30.3 Å². The number of nitriles is 1. The zero-order chi connectivity index (χ0) is 10.8. The summed E-state index contributed by atoms with van der Waals surface area (Å²) in [6.45, 7) is 0. The summed E-state index contributed by atoms with van der Waals surface area (Å²) < 4.78 is 13.2. The molecule has 0 bridgehead atoms. The number of para-hydroxylation sites is 1. The van der Waals surface area contributed by atoms with Crippen molar-refractivity contribution in [3.8, 4) is 16.5 Å². The molecule has 0 radical (unpaired) electrons. The van der Waals surface area contributed by atoms with Crippen molar-refractivity contribution in [2.75, 3.05) is 5.73 Å². The third-order valence-electron chi connectivity index (χ3n) is 2.03. The third kappa shape index (κ3) is 1.69. The Labute approximate surface area is 90.4 Å². The summed E-state index contributed by atoms with van der Waals surface area (Å²) in [5, 5.41) is 8.68. The molecule has 0 saturated heterocycles. The van der Waals surface area contributed by atoms with E-state index in [4.69, 9.17) is 11.0 Å². The second kappa shape index (κ2) is 3.71. The first-order valence-corrected chi connectivity index (χ1v) is 5.08. The maximum Gasteiger partial charge on any atom is 0.146 e. The van der Waals surface area contributed by atoms with Gasteiger partial charge in [-0.25, -0.2) is 4.39 Å². The molecule has 1 aromatic carbocycles. The first kappa shape index (κ1) is 9.69. The van der Waals surface area contributed by atoms with Crippen molar-refractivity contribution in [3.63, 3.8) is 0 Å². The molecule has 0 aliphatic heterocycles. The Hall–Kier alpha value is -1.86. The van der Waals surface area contributed by atoms with E-state index in [1.54, 1.807) is 24.3 Å². The second-order valence-corrected chi connectivity index (χ2v) is 4.06. The van der Waals surface area contributed by atoms with Gasteiger partial charge < -0.3 is 5.73 Å². The van der Waals surface area contributed by atoms with Gasteiger partial charge in [0.1, 0.15) is 16.8 Å². The van der Waals surface area contributed by atoms with Crippen molar-refractivity contribution >= 4 is 17.0 Å². The van der Waals surface area contributed by atoms with Gasteiger partial charge in [0.15, 0.2) is 0 Å². The molecule has 2 aromatic rings. The van der Waals surface area contributed by atoms with Crippen LogP contribution in [0.2, 0.25) is 0 Å². The van der Waals surface area contributed by atoms with E-state index in [0.29, 0.717) is 10.4 Å². The average molecular weight is 218 g/mol. The molecule has 2 rings (SSSR count). The fourth-order valence-electron chi connectivity index (χ4n) is 1.29. The van der Waals surface area contributed by atoms with Crippen LogP contribution >= 0.6 is 11.3 Å². The summed E-state index contributed by atoms with van der Waals surface area (Å²) >= 11 is 1.30. The standard InChI is InChI=1S/C11H7FN2S/c12-9-3-1-2-8(11(9)14)10-5-4-7(6-13)15-10/h1-5H,14H2. The van der Waals surface area contributed by atoms with Gasteiger partial charge in [-0.3, -0.25) is 0 Å². The van der Waals surface area contributed by atoms with Crippen molar-refractivity contribution < 1.29 is 4.39 Å². The van der Waals surface area contributed by atoms with Crippen LogP contribution < -0.4 is 5.73 Å². The van der Waals surface area contributed by atoms with Gasteiger partial charge in [-0.1, -0.05) is 12.1 Å². The fourth-order valence-corrected chi connectivity index (χ4v) is 2.14. The number of nitrogens with zero attached hydrogens (tertiary/aromatic N) is 1. The molecule has 0 fully saturated rings. The van der Waals surface area contributed by atoms with Gasteiger partial charge in [-0.05, 0) is 18.2 Å². The van der Waals surface area contributed by atoms with Crippen LogP contribution in [0.5, 0.6) is 0 Å². The SMILES string of the molecule is N#Cc1ccc(-c2cccc(F)c2N)s1. The Morgan fingerprint density at radius 3 is 2.73 bits per heavy atom. The topological polar surface area (TPSA) is 49.8 Å². The van der Waals surface area contributed by atoms with E-state index in [0.717, 1.165) is 4.88 Å². The predicted molar refractivity (Wildman–Crippen MR) is 58.8 cm³/mol. The molecule has 2 nitrogen and oxygen atoms in total. The molecule has 0 amide bonds. The first-order chi connectivity index (χ1) is 7.22. The van der Waals surface area contributed by atoms with E-state index in [-0.39, 0.29) is 5.69 Å². The van der Waals surface area contributed by atoms with Crippen LogP contribution in [0.4, 0.5) is 10.1 Å². The maximum atomic E-state index is 13.2. The number of halogens is 1. The normalized spacial score (nSPS) is 9.87. The highest BCUT2D eigenvalue weighted by molar-refractivity contribution is 7.16. The van der Waals surface area contributed by atoms with E-state index in [1.165, 1.54) is 17.4 Å². The minimum Gasteiger partial charge on any atom is -0.396 e. The largest absolute Gasteiger partial charge is 0.396 e. The van der Waals surface area contributed by atoms with Crippen molar-refractivity contribution in [1.82, 2.24) is 0 Å². The van der Waals surface area contributed by atoms with E-state index in [2.05, 4.69) is 0 Å². The molecule has 2 N–H and O–H groups in total. The van der Waals surface area contributed by atoms with Gasteiger partial charge in [-0.2, -0.15) is 5.26 Å². The van der Waals surface area contributed by atoms with E-state index in [1.807, 2.05) is 6.07 Å². The molecule has 74 valence electrons. The lowest BCUT2D eigenvalue weighted by molar-refractivity contribution is 0.633. The molecule has 4 heteroatoms. The van der Waals surface area contributed by atoms with Crippen molar-refractivity contribution in [1.29, 1.82) is 5.26 Å². The summed E-state index contributed by atoms with van der Waals surface area (Å²) in [7, 11) is 0. The van der Waals surface area contributed by atoms with Crippen molar-refractivity contribution in [3.05, 3.63) is 41.0 Å². The lowest BCUT2D eigenvalue weighted by Gasteiger charge is -2.02. The zero-order valence-electron chi connectivity index (χ0n) is 7.70. The van der Waals surface area contributed by atoms with Gasteiger partial charge in [0.2, 0.25) is 0 Å². The number of hydrogen-bond donors (Lipinski definition) is 1. The molecule has 0 aliphatic rings. The van der Waals surface area contributed by atoms with Gasteiger partial charge >= 0.3 is 0 Å². The molecule has 0 aliphatic carbocycles. The molecule has 1 heterocycles. The molecular weight excluding hydrogens is 211 g/mol. The van der Waals surface area contributed by atoms with Gasteiger partial charge in [0, 0.05) is 10.4 Å². The number of benzene rings is 1. The van der Waals surface area contributed by atoms with E-state index in [9.17, 15) is 4.39 Å². The molecule has 1 aromatic heterocycles. The minimum atomic E-state index is -0.431. The number of nitrogens with two attached hydrogens (primary N) is 1. The van der Waals surface area contributed by atoms with Crippen LogP contribution in [0, 0.1) is 17.1 Å². The number of nitrogen functional groups attached to an aromatic ring is 1. The van der Waals surface area contributed by atoms with Crippen LogP contribution in [-0.2, 0) is 0 Å². The monoisotopic (exact) mass is 218 g/mol.